The van der Waals surface area contributed by atoms with Crippen molar-refractivity contribution in [3.05, 3.63) is 29.8 Å². The van der Waals surface area contributed by atoms with Gasteiger partial charge in [-0.2, -0.15) is 4.31 Å². The highest BCUT2D eigenvalue weighted by atomic mass is 32.2. The van der Waals surface area contributed by atoms with Gasteiger partial charge in [0.25, 0.3) is 0 Å². The van der Waals surface area contributed by atoms with Crippen LogP contribution in [0.4, 0.5) is 0 Å². The third-order valence-electron chi connectivity index (χ3n) is 4.65. The Morgan fingerprint density at radius 2 is 2.04 bits per heavy atom. The van der Waals surface area contributed by atoms with Crippen molar-refractivity contribution >= 4 is 22.0 Å². The van der Waals surface area contributed by atoms with E-state index in [0.717, 1.165) is 6.42 Å². The van der Waals surface area contributed by atoms with Crippen LogP contribution in [0, 0.1) is 0 Å². The molecule has 0 aliphatic carbocycles. The normalized spacial score (nSPS) is 18.9. The number of rotatable bonds is 7. The number of hydrogen-bond acceptors (Lipinski definition) is 6. The number of carboxylic acid groups (broad SMARTS) is 1. The van der Waals surface area contributed by atoms with Crippen molar-refractivity contribution in [3.8, 4) is 0 Å². The fraction of sp³-hybridized carbons (Fsp3) is 0.556. The molecule has 1 fully saturated rings. The summed E-state index contributed by atoms with van der Waals surface area (Å²) < 4.78 is 32.3. The lowest BCUT2D eigenvalue weighted by atomic mass is 10.1. The quantitative estimate of drug-likeness (QED) is 0.693. The van der Waals surface area contributed by atoms with Crippen molar-refractivity contribution in [3.63, 3.8) is 0 Å². The highest BCUT2D eigenvalue weighted by Gasteiger charge is 2.29. The highest BCUT2D eigenvalue weighted by Crippen LogP contribution is 2.23. The first-order valence-electron chi connectivity index (χ1n) is 8.95. The van der Waals surface area contributed by atoms with Crippen LogP contribution in [0.1, 0.15) is 36.5 Å². The van der Waals surface area contributed by atoms with E-state index in [0.29, 0.717) is 25.9 Å². The standard InChI is InChI=1S/C18H26N2O6S/c1-3-26-18(23)14-6-4-8-16(12-14)27(24,25)20-10-5-7-15(9-11-20)19(2)13-17(21)22/h4,6,8,12,15H,3,5,7,9-11,13H2,1-2H3,(H,21,22). The summed E-state index contributed by atoms with van der Waals surface area (Å²) in [5.41, 5.74) is 0.201. The van der Waals surface area contributed by atoms with Crippen molar-refractivity contribution in [2.45, 2.75) is 37.1 Å². The van der Waals surface area contributed by atoms with Crippen molar-refractivity contribution in [1.29, 1.82) is 0 Å². The van der Waals surface area contributed by atoms with Gasteiger partial charge in [0.2, 0.25) is 10.0 Å². The molecule has 1 atom stereocenters. The van der Waals surface area contributed by atoms with Gasteiger partial charge in [-0.05, 0) is 51.4 Å². The van der Waals surface area contributed by atoms with E-state index in [2.05, 4.69) is 0 Å². The monoisotopic (exact) mass is 398 g/mol. The number of benzene rings is 1. The Morgan fingerprint density at radius 1 is 1.30 bits per heavy atom. The Balaban J connectivity index is 2.14. The van der Waals surface area contributed by atoms with Gasteiger partial charge in [-0.25, -0.2) is 13.2 Å². The predicted octanol–water partition coefficient (Wildman–Crippen LogP) is 1.42. The van der Waals surface area contributed by atoms with Gasteiger partial charge >= 0.3 is 11.9 Å². The van der Waals surface area contributed by atoms with Gasteiger partial charge in [0.05, 0.1) is 23.6 Å². The summed E-state index contributed by atoms with van der Waals surface area (Å²) in [5, 5.41) is 8.94. The van der Waals surface area contributed by atoms with Gasteiger partial charge in [0.15, 0.2) is 0 Å². The molecule has 0 amide bonds. The summed E-state index contributed by atoms with van der Waals surface area (Å²) in [6.45, 7) is 2.50. The number of carbonyl (C=O) groups excluding carboxylic acids is 1. The van der Waals surface area contributed by atoms with E-state index in [1.54, 1.807) is 18.9 Å². The molecule has 9 heteroatoms. The van der Waals surface area contributed by atoms with Crippen LogP contribution in [0.15, 0.2) is 29.2 Å². The maximum Gasteiger partial charge on any atom is 0.338 e. The molecule has 1 aliphatic heterocycles. The van der Waals surface area contributed by atoms with E-state index in [-0.39, 0.29) is 29.7 Å². The number of nitrogens with zero attached hydrogens (tertiary/aromatic N) is 2. The molecule has 150 valence electrons. The number of ether oxygens (including phenoxy) is 1. The smallest absolute Gasteiger partial charge is 0.338 e. The van der Waals surface area contributed by atoms with Crippen molar-refractivity contribution in [1.82, 2.24) is 9.21 Å². The van der Waals surface area contributed by atoms with E-state index in [1.807, 2.05) is 0 Å². The number of sulfonamides is 1. The molecule has 1 aromatic carbocycles. The summed E-state index contributed by atoms with van der Waals surface area (Å²) in [7, 11) is -2.00. The molecule has 1 aromatic rings. The number of aliphatic carboxylic acids is 1. The third kappa shape index (κ3) is 5.50. The number of carboxylic acids is 1. The topological polar surface area (TPSA) is 104 Å². The van der Waals surface area contributed by atoms with E-state index in [1.165, 1.54) is 28.6 Å². The molecular formula is C18H26N2O6S. The zero-order valence-corrected chi connectivity index (χ0v) is 16.4. The van der Waals surface area contributed by atoms with Gasteiger partial charge in [-0.15, -0.1) is 0 Å². The molecule has 0 saturated carbocycles. The maximum absolute atomic E-state index is 13.0. The number of hydrogen-bond donors (Lipinski definition) is 1. The molecule has 1 unspecified atom stereocenters. The third-order valence-corrected chi connectivity index (χ3v) is 6.54. The van der Waals surface area contributed by atoms with Crippen molar-refractivity contribution in [2.24, 2.45) is 0 Å². The Morgan fingerprint density at radius 3 is 2.70 bits per heavy atom. The van der Waals surface area contributed by atoms with Gasteiger partial charge in [-0.3, -0.25) is 9.69 Å². The lowest BCUT2D eigenvalue weighted by Gasteiger charge is -2.25. The van der Waals surface area contributed by atoms with Crippen LogP contribution < -0.4 is 0 Å². The van der Waals surface area contributed by atoms with Gasteiger partial charge in [0, 0.05) is 19.1 Å². The lowest BCUT2D eigenvalue weighted by molar-refractivity contribution is -0.138. The Kier molecular flexibility index (Phi) is 7.34. The van der Waals surface area contributed by atoms with Gasteiger partial charge in [0.1, 0.15) is 0 Å². The van der Waals surface area contributed by atoms with E-state index >= 15 is 0 Å². The van der Waals surface area contributed by atoms with Gasteiger partial charge in [-0.1, -0.05) is 6.07 Å². The molecule has 0 aromatic heterocycles. The summed E-state index contributed by atoms with van der Waals surface area (Å²) in [6, 6.07) is 5.88. The highest BCUT2D eigenvalue weighted by molar-refractivity contribution is 7.89. The lowest BCUT2D eigenvalue weighted by Crippen LogP contribution is -2.37. The van der Waals surface area contributed by atoms with Gasteiger partial charge < -0.3 is 9.84 Å². The minimum absolute atomic E-state index is 0.0205. The van der Waals surface area contributed by atoms with Crippen molar-refractivity contribution < 1.29 is 27.9 Å². The maximum atomic E-state index is 13.0. The average molecular weight is 398 g/mol. The molecule has 1 heterocycles. The second-order valence-corrected chi connectivity index (χ2v) is 8.48. The summed E-state index contributed by atoms with van der Waals surface area (Å²) in [5.74, 6) is -1.46. The first-order chi connectivity index (χ1) is 12.8. The van der Waals surface area contributed by atoms with E-state index in [4.69, 9.17) is 9.84 Å². The van der Waals surface area contributed by atoms with Crippen LogP contribution in [0.25, 0.3) is 0 Å². The summed E-state index contributed by atoms with van der Waals surface area (Å²) >= 11 is 0. The largest absolute Gasteiger partial charge is 0.480 e. The first-order valence-corrected chi connectivity index (χ1v) is 10.4. The number of esters is 1. The molecule has 1 N–H and O–H groups in total. The van der Waals surface area contributed by atoms with Crippen LogP contribution >= 0.6 is 0 Å². The average Bonchev–Trinajstić information content (AvgIpc) is 2.88. The van der Waals surface area contributed by atoms with Crippen LogP contribution in [-0.4, -0.2) is 74.0 Å². The Hall–Kier alpha value is -1.97. The Bertz CT molecular complexity index is 780. The van der Waals surface area contributed by atoms with E-state index < -0.39 is 22.0 Å². The molecule has 1 saturated heterocycles. The second-order valence-electron chi connectivity index (χ2n) is 6.55. The minimum Gasteiger partial charge on any atom is -0.480 e. The van der Waals surface area contributed by atoms with Crippen LogP contribution in [0.3, 0.4) is 0 Å². The molecular weight excluding hydrogens is 372 g/mol. The number of likely N-dealkylation sites (N-methyl/N-ethyl adjacent to an activating group) is 1. The zero-order chi connectivity index (χ0) is 20.0. The molecule has 27 heavy (non-hydrogen) atoms. The second kappa shape index (κ2) is 9.29. The SMILES string of the molecule is CCOC(=O)c1cccc(S(=O)(=O)N2CCCC(N(C)CC(=O)O)CC2)c1. The molecule has 1 aliphatic rings. The molecule has 2 rings (SSSR count). The summed E-state index contributed by atoms with van der Waals surface area (Å²) in [6.07, 6.45) is 1.94. The fourth-order valence-electron chi connectivity index (χ4n) is 3.22. The molecule has 8 nitrogen and oxygen atoms in total. The fourth-order valence-corrected chi connectivity index (χ4v) is 4.76. The molecule has 0 radical (unpaired) electrons. The van der Waals surface area contributed by atoms with Crippen LogP contribution in [0.2, 0.25) is 0 Å². The predicted molar refractivity (Wildman–Crippen MR) is 99.1 cm³/mol. The van der Waals surface area contributed by atoms with E-state index in [9.17, 15) is 18.0 Å². The minimum atomic E-state index is -3.74. The van der Waals surface area contributed by atoms with Crippen LogP contribution in [-0.2, 0) is 19.6 Å². The Labute approximate surface area is 159 Å². The van der Waals surface area contributed by atoms with Crippen LogP contribution in [0.5, 0.6) is 0 Å². The first kappa shape index (κ1) is 21.3. The zero-order valence-electron chi connectivity index (χ0n) is 15.6. The number of carbonyl (C=O) groups is 2. The molecule has 0 spiro atoms. The molecule has 0 bridgehead atoms. The summed E-state index contributed by atoms with van der Waals surface area (Å²) in [4.78, 5) is 24.6. The van der Waals surface area contributed by atoms with Crippen molar-refractivity contribution in [2.75, 3.05) is 33.3 Å².